The van der Waals surface area contributed by atoms with E-state index >= 15 is 0 Å². The summed E-state index contributed by atoms with van der Waals surface area (Å²) < 4.78 is 46.3. The molecule has 0 radical (unpaired) electrons. The van der Waals surface area contributed by atoms with Crippen LogP contribution in [0.3, 0.4) is 0 Å². The molecule has 9 aromatic heterocycles. The summed E-state index contributed by atoms with van der Waals surface area (Å²) in [5, 5.41) is 37.2. The first-order valence-corrected chi connectivity index (χ1v) is 41.6. The maximum absolute atomic E-state index is 12.6. The lowest BCUT2D eigenvalue weighted by molar-refractivity contribution is 0.122. The Morgan fingerprint density at radius 1 is 0.455 bits per heavy atom. The summed E-state index contributed by atoms with van der Waals surface area (Å²) in [6, 6.07) is 80.9. The second-order valence-electron chi connectivity index (χ2n) is 28.9. The third-order valence-electron chi connectivity index (χ3n) is 20.8. The zero-order valence-electron chi connectivity index (χ0n) is 67.5. The van der Waals surface area contributed by atoms with E-state index in [1.165, 1.54) is 27.2 Å². The molecule has 1 saturated heterocycles. The highest BCUT2D eigenvalue weighted by atomic mass is 32.2. The zero-order chi connectivity index (χ0) is 84.0. The van der Waals surface area contributed by atoms with Crippen molar-refractivity contribution in [2.75, 3.05) is 88.9 Å². The number of fused-ring (bicyclic) bond motifs is 6. The second-order valence-corrected chi connectivity index (χ2v) is 30.6. The smallest absolute Gasteiger partial charge is 0.261 e. The minimum absolute atomic E-state index is 0.0361. The quantitative estimate of drug-likeness (QED) is 0.0332. The molecule has 20 rings (SSSR count). The van der Waals surface area contributed by atoms with Crippen LogP contribution in [0, 0.1) is 6.92 Å². The third-order valence-corrected chi connectivity index (χ3v) is 22.2. The molecule has 0 atom stereocenters. The van der Waals surface area contributed by atoms with Crippen molar-refractivity contribution in [1.82, 2.24) is 62.5 Å². The van der Waals surface area contributed by atoms with Crippen LogP contribution >= 0.6 is 0 Å². The van der Waals surface area contributed by atoms with Crippen molar-refractivity contribution in [3.05, 3.63) is 340 Å². The van der Waals surface area contributed by atoms with Crippen molar-refractivity contribution in [3.8, 4) is 50.9 Å². The molecule has 612 valence electrons. The molecule has 1 aliphatic rings. The Labute approximate surface area is 709 Å². The van der Waals surface area contributed by atoms with E-state index in [-0.39, 0.29) is 18.1 Å². The molecular formula is C96H86N20O6S. The van der Waals surface area contributed by atoms with Crippen molar-refractivity contribution in [2.24, 2.45) is 0 Å². The van der Waals surface area contributed by atoms with Gasteiger partial charge in [-0.2, -0.15) is 0 Å². The monoisotopic (exact) mass is 1650 g/mol. The molecule has 0 spiro atoms. The van der Waals surface area contributed by atoms with Gasteiger partial charge in [-0.15, -0.1) is 0 Å². The summed E-state index contributed by atoms with van der Waals surface area (Å²) >= 11 is 0. The van der Waals surface area contributed by atoms with Gasteiger partial charge in [-0.3, -0.25) is 4.72 Å². The van der Waals surface area contributed by atoms with E-state index in [1.54, 1.807) is 92.7 Å². The summed E-state index contributed by atoms with van der Waals surface area (Å²) in [4.78, 5) is 46.1. The van der Waals surface area contributed by atoms with E-state index in [2.05, 4.69) is 177 Å². The number of anilines is 11. The minimum atomic E-state index is -3.66. The Hall–Kier alpha value is -15.4. The molecule has 0 bridgehead atoms. The van der Waals surface area contributed by atoms with Crippen LogP contribution in [-0.2, 0) is 21.4 Å². The Bertz CT molecular complexity index is 6970. The van der Waals surface area contributed by atoms with Gasteiger partial charge in [0.1, 0.15) is 0 Å². The van der Waals surface area contributed by atoms with Gasteiger partial charge < -0.3 is 68.4 Å². The zero-order valence-corrected chi connectivity index (χ0v) is 68.3. The number of ether oxygens (including phenoxy) is 2. The molecule has 10 heterocycles. The molecule has 0 saturated carbocycles. The first kappa shape index (κ1) is 80.0. The number of rotatable bonds is 22. The van der Waals surface area contributed by atoms with Crippen LogP contribution in [0.1, 0.15) is 18.1 Å². The van der Waals surface area contributed by atoms with E-state index in [0.717, 1.165) is 134 Å². The van der Waals surface area contributed by atoms with Crippen molar-refractivity contribution in [2.45, 2.75) is 25.3 Å². The summed E-state index contributed by atoms with van der Waals surface area (Å²) in [6.45, 7) is 8.92. The van der Waals surface area contributed by atoms with Gasteiger partial charge in [0.05, 0.1) is 73.1 Å². The van der Waals surface area contributed by atoms with Crippen LogP contribution < -0.4 is 40.5 Å². The van der Waals surface area contributed by atoms with Gasteiger partial charge in [0.2, 0.25) is 5.88 Å². The van der Waals surface area contributed by atoms with Gasteiger partial charge >= 0.3 is 0 Å². The van der Waals surface area contributed by atoms with Crippen molar-refractivity contribution in [1.29, 1.82) is 0 Å². The Balaban J connectivity index is 0.000000117. The third kappa shape index (κ3) is 18.6. The number of hydrogen-bond acceptors (Lipinski definition) is 21. The second kappa shape index (κ2) is 36.8. The number of pyridine rings is 1. The standard InChI is InChI=1S/C26H25N5O.C25H21N5O2S.C23H23N5O2.C22H17N5O/c1-2-30(16-17-32)21-12-10-20(11-13-21)28-25-26-27-14-15-31(26)18-24(29-25)23-9-5-7-19-6-3-4-8-22(19)23;1-18-7-13-22(14-8-18)33(31,32)29-21-11-9-20(10-12-21)27-24-25-26-15-16-30(25)17-23(28-24)19-5-3-2-4-6-19;29-16-17-3-1-2-4-20(17)21-15-28-10-9-24-23(28)22(26-21)25-18-5-7-19(8-6-18)27-11-13-30-14-12-27;1-28-20-9-8-18(13-24-20)25-21-22-23-10-11-27(22)14-19(26-21)17-7-6-15-4-2-3-5-16(15)12-17/h3-15,18,32H,2,16-17H2,1H3,(H,28,29);2-17,29H,1H3,(H,27,28);1-10,15,29H,11-14,16H2,(H,25,26);2-14H,1H3,(H,25,26). The summed E-state index contributed by atoms with van der Waals surface area (Å²) in [5.74, 6) is 3.21. The van der Waals surface area contributed by atoms with Crippen LogP contribution in [0.15, 0.2) is 334 Å². The van der Waals surface area contributed by atoms with Gasteiger partial charge in [0.25, 0.3) is 10.0 Å². The number of nitrogens with zero attached hydrogens (tertiary/aromatic N) is 15. The molecule has 1 fully saturated rings. The van der Waals surface area contributed by atoms with E-state index in [1.807, 2.05) is 159 Å². The van der Waals surface area contributed by atoms with E-state index in [9.17, 15) is 18.6 Å². The number of methoxy groups -OCH3 is 1. The van der Waals surface area contributed by atoms with Gasteiger partial charge in [-0.25, -0.2) is 53.3 Å². The first-order chi connectivity index (χ1) is 60.4. The largest absolute Gasteiger partial charge is 0.481 e. The van der Waals surface area contributed by atoms with Crippen LogP contribution in [-0.4, -0.2) is 134 Å². The number of aromatic nitrogens is 13. The molecule has 0 aliphatic carbocycles. The van der Waals surface area contributed by atoms with Crippen LogP contribution in [0.25, 0.3) is 89.2 Å². The molecular weight excluding hydrogens is 1560 g/mol. The predicted octanol–water partition coefficient (Wildman–Crippen LogP) is 18.5. The van der Waals surface area contributed by atoms with Crippen molar-refractivity contribution >= 4 is 117 Å². The average Bonchev–Trinajstić information content (AvgIpc) is 1.76. The van der Waals surface area contributed by atoms with Crippen LogP contribution in [0.4, 0.5) is 63.1 Å². The highest BCUT2D eigenvalue weighted by molar-refractivity contribution is 7.92. The van der Waals surface area contributed by atoms with Crippen LogP contribution in [0.5, 0.6) is 5.88 Å². The van der Waals surface area contributed by atoms with E-state index in [4.69, 9.17) is 29.4 Å². The molecule has 7 N–H and O–H groups in total. The predicted molar refractivity (Wildman–Crippen MR) is 488 cm³/mol. The number of benzene rings is 10. The molecule has 10 aromatic carbocycles. The number of likely N-dealkylation sites (N-methyl/N-ethyl adjacent to an activating group) is 1. The molecule has 1 aliphatic heterocycles. The molecule has 123 heavy (non-hydrogen) atoms. The first-order valence-electron chi connectivity index (χ1n) is 40.1. The van der Waals surface area contributed by atoms with Gasteiger partial charge in [-0.05, 0) is 138 Å². The number of aryl methyl sites for hydroxylation is 1. The highest BCUT2D eigenvalue weighted by Crippen LogP contribution is 2.35. The lowest BCUT2D eigenvalue weighted by Crippen LogP contribution is -2.36. The van der Waals surface area contributed by atoms with Crippen LogP contribution in [0.2, 0.25) is 0 Å². The van der Waals surface area contributed by atoms with E-state index in [0.29, 0.717) is 47.0 Å². The minimum Gasteiger partial charge on any atom is -0.481 e. The summed E-state index contributed by atoms with van der Waals surface area (Å²) in [7, 11) is -2.06. The SMILES string of the molecule is CCN(CCO)c1ccc(Nc2nc(-c3cccc4ccccc34)cn3ccnc23)cc1.COc1ccc(Nc2nc(-c3ccc4ccccc4c3)cn3ccnc23)cn1.Cc1ccc(S(=O)(=O)Nc2ccc(Nc3nc(-c4ccccc4)cn4ccnc34)cc2)cc1.OCc1ccccc1-c1cn2ccnc2c(Nc2ccc(N3CCOCC3)cc2)n1. The molecule has 0 unspecified atom stereocenters. The fraction of sp³-hybridized carbons (Fsp3) is 0.115. The number of sulfonamides is 1. The molecule has 0 amide bonds. The number of hydrogen-bond donors (Lipinski definition) is 7. The Kier molecular flexibility index (Phi) is 24.0. The van der Waals surface area contributed by atoms with Crippen molar-refractivity contribution in [3.63, 3.8) is 0 Å². The van der Waals surface area contributed by atoms with Gasteiger partial charge in [-0.1, -0.05) is 151 Å². The normalized spacial score (nSPS) is 12.0. The lowest BCUT2D eigenvalue weighted by atomic mass is 10.0. The van der Waals surface area contributed by atoms with Gasteiger partial charge in [0, 0.05) is 163 Å². The molecule has 19 aromatic rings. The Morgan fingerprint density at radius 3 is 1.50 bits per heavy atom. The van der Waals surface area contributed by atoms with Crippen molar-refractivity contribution < 1.29 is 28.1 Å². The fourth-order valence-electron chi connectivity index (χ4n) is 14.5. The number of morpholine rings is 1. The molecule has 27 heteroatoms. The number of nitrogens with one attached hydrogen (secondary N) is 5. The Morgan fingerprint density at radius 2 is 0.935 bits per heavy atom. The number of imidazole rings is 4. The van der Waals surface area contributed by atoms with E-state index < -0.39 is 10.0 Å². The maximum Gasteiger partial charge on any atom is 0.261 e. The highest BCUT2D eigenvalue weighted by Gasteiger charge is 2.20. The lowest BCUT2D eigenvalue weighted by Gasteiger charge is -2.28. The summed E-state index contributed by atoms with van der Waals surface area (Å²) in [5.41, 5.74) is 18.3. The number of aliphatic hydroxyl groups is 2. The topological polar surface area (TPSA) is 293 Å². The fourth-order valence-corrected chi connectivity index (χ4v) is 15.6. The molecule has 26 nitrogen and oxygen atoms in total. The average molecular weight is 1650 g/mol. The number of aliphatic hydroxyl groups excluding tert-OH is 2. The van der Waals surface area contributed by atoms with Gasteiger partial charge in [0.15, 0.2) is 45.9 Å². The summed E-state index contributed by atoms with van der Waals surface area (Å²) in [6.07, 6.45) is 24.2. The maximum atomic E-state index is 12.6.